The van der Waals surface area contributed by atoms with E-state index < -0.39 is 0 Å². The van der Waals surface area contributed by atoms with Crippen molar-refractivity contribution in [3.8, 4) is 0 Å². The van der Waals surface area contributed by atoms with Crippen LogP contribution in [0, 0.1) is 0 Å². The number of rotatable bonds is 5. The fourth-order valence-corrected chi connectivity index (χ4v) is 5.11. The molecule has 3 heterocycles. The van der Waals surface area contributed by atoms with E-state index in [0.29, 0.717) is 24.4 Å². The normalized spacial score (nSPS) is 21.8. The number of benzene rings is 1. The van der Waals surface area contributed by atoms with Gasteiger partial charge in [0.15, 0.2) is 0 Å². The molecule has 7 heteroatoms. The number of aryl methyl sites for hydroxylation is 1. The van der Waals surface area contributed by atoms with Gasteiger partial charge in [-0.15, -0.1) is 36.2 Å². The zero-order chi connectivity index (χ0) is 16.4. The van der Waals surface area contributed by atoms with E-state index in [9.17, 15) is 4.79 Å². The smallest absolute Gasteiger partial charge is 0.223 e. The summed E-state index contributed by atoms with van der Waals surface area (Å²) in [5, 5.41) is 4.66. The van der Waals surface area contributed by atoms with E-state index >= 15 is 0 Å². The van der Waals surface area contributed by atoms with Crippen LogP contribution < -0.4 is 5.32 Å². The molecule has 0 aliphatic carbocycles. The Balaban J connectivity index is 0.00000121. The zero-order valence-corrected chi connectivity index (χ0v) is 17.3. The first kappa shape index (κ1) is 21.4. The van der Waals surface area contributed by atoms with Gasteiger partial charge in [0, 0.05) is 25.0 Å². The van der Waals surface area contributed by atoms with E-state index in [4.69, 9.17) is 0 Å². The largest absolute Gasteiger partial charge is 0.335 e. The van der Waals surface area contributed by atoms with E-state index in [1.807, 2.05) is 6.07 Å². The lowest BCUT2D eigenvalue weighted by molar-refractivity contribution is -0.133. The molecule has 144 valence electrons. The first-order valence-electron chi connectivity index (χ1n) is 9.17. The monoisotopic (exact) mass is 415 g/mol. The van der Waals surface area contributed by atoms with Crippen LogP contribution in [-0.2, 0) is 11.2 Å². The third kappa shape index (κ3) is 4.69. The lowest BCUT2D eigenvalue weighted by Gasteiger charge is -2.28. The topological polar surface area (TPSA) is 45.2 Å². The summed E-state index contributed by atoms with van der Waals surface area (Å²) < 4.78 is 1.26. The number of para-hydroxylation sites is 1. The average Bonchev–Trinajstić information content (AvgIpc) is 3.10. The Morgan fingerprint density at radius 1 is 1.15 bits per heavy atom. The number of aromatic nitrogens is 1. The lowest BCUT2D eigenvalue weighted by Crippen LogP contribution is -2.42. The fourth-order valence-electron chi connectivity index (χ4n) is 4.10. The summed E-state index contributed by atoms with van der Waals surface area (Å²) in [7, 11) is 0. The molecular formula is C19H27Cl2N3OS. The van der Waals surface area contributed by atoms with E-state index in [0.717, 1.165) is 44.3 Å². The molecule has 2 unspecified atom stereocenters. The molecule has 1 N–H and O–H groups in total. The first-order chi connectivity index (χ1) is 11.8. The minimum atomic E-state index is 0. The molecule has 1 aromatic carbocycles. The van der Waals surface area contributed by atoms with Gasteiger partial charge in [0.2, 0.25) is 5.91 Å². The van der Waals surface area contributed by atoms with Gasteiger partial charge in [-0.05, 0) is 57.2 Å². The van der Waals surface area contributed by atoms with Gasteiger partial charge in [-0.25, -0.2) is 4.98 Å². The van der Waals surface area contributed by atoms with Gasteiger partial charge in [0.1, 0.15) is 0 Å². The van der Waals surface area contributed by atoms with Crippen molar-refractivity contribution in [2.45, 2.75) is 57.0 Å². The third-order valence-corrected chi connectivity index (χ3v) is 6.41. The molecule has 2 fully saturated rings. The van der Waals surface area contributed by atoms with E-state index in [2.05, 4.69) is 33.4 Å². The molecule has 4 rings (SSSR count). The molecule has 0 radical (unpaired) electrons. The van der Waals surface area contributed by atoms with Gasteiger partial charge >= 0.3 is 0 Å². The van der Waals surface area contributed by atoms with Gasteiger partial charge in [-0.2, -0.15) is 0 Å². The van der Waals surface area contributed by atoms with Crippen molar-refractivity contribution >= 4 is 52.3 Å². The molecule has 1 amide bonds. The van der Waals surface area contributed by atoms with Gasteiger partial charge in [0.25, 0.3) is 0 Å². The Labute approximate surface area is 171 Å². The Kier molecular flexibility index (Phi) is 8.14. The molecule has 26 heavy (non-hydrogen) atoms. The molecular weight excluding hydrogens is 389 g/mol. The molecule has 2 bridgehead atoms. The molecule has 4 nitrogen and oxygen atoms in total. The van der Waals surface area contributed by atoms with Gasteiger partial charge < -0.3 is 10.2 Å². The number of hydrogen-bond acceptors (Lipinski definition) is 4. The molecule has 2 aliphatic rings. The molecule has 2 atom stereocenters. The van der Waals surface area contributed by atoms with E-state index in [1.165, 1.54) is 22.5 Å². The summed E-state index contributed by atoms with van der Waals surface area (Å²) in [6.07, 6.45) is 7.19. The number of unbranched alkanes of at least 4 members (excludes halogenated alkanes) is 1. The highest BCUT2D eigenvalue weighted by molar-refractivity contribution is 7.18. The second-order valence-corrected chi connectivity index (χ2v) is 8.08. The summed E-state index contributed by atoms with van der Waals surface area (Å²) in [6.45, 7) is 2.04. The number of halogens is 2. The minimum Gasteiger partial charge on any atom is -0.335 e. The highest BCUT2D eigenvalue weighted by Crippen LogP contribution is 2.29. The average molecular weight is 416 g/mol. The Morgan fingerprint density at radius 3 is 2.81 bits per heavy atom. The number of carbonyl (C=O) groups excluding carboxylic acids is 1. The van der Waals surface area contributed by atoms with Crippen molar-refractivity contribution in [2.75, 3.05) is 13.1 Å². The number of fused-ring (bicyclic) bond motifs is 3. The Morgan fingerprint density at radius 2 is 1.96 bits per heavy atom. The SMILES string of the molecule is Cl.Cl.O=C(CCCCc1nc2ccccc2s1)N1C2CCNCC1CC2. The Hall–Kier alpha value is -0.880. The zero-order valence-electron chi connectivity index (χ0n) is 14.9. The van der Waals surface area contributed by atoms with Crippen molar-refractivity contribution in [1.82, 2.24) is 15.2 Å². The predicted molar refractivity (Wildman–Crippen MR) is 113 cm³/mol. The molecule has 1 aromatic heterocycles. The maximum atomic E-state index is 12.6. The summed E-state index contributed by atoms with van der Waals surface area (Å²) in [5.41, 5.74) is 1.10. The van der Waals surface area contributed by atoms with Crippen LogP contribution in [0.5, 0.6) is 0 Å². The number of thiazole rings is 1. The summed E-state index contributed by atoms with van der Waals surface area (Å²) in [5.74, 6) is 0.371. The maximum Gasteiger partial charge on any atom is 0.223 e. The second kappa shape index (κ2) is 9.88. The molecule has 0 saturated carbocycles. The van der Waals surface area contributed by atoms with Crippen molar-refractivity contribution in [3.63, 3.8) is 0 Å². The van der Waals surface area contributed by atoms with Crippen LogP contribution in [0.2, 0.25) is 0 Å². The maximum absolute atomic E-state index is 12.6. The van der Waals surface area contributed by atoms with Gasteiger partial charge in [-0.3, -0.25) is 4.79 Å². The number of carbonyl (C=O) groups is 1. The van der Waals surface area contributed by atoms with Crippen LogP contribution in [0.4, 0.5) is 0 Å². The van der Waals surface area contributed by atoms with Crippen LogP contribution >= 0.6 is 36.2 Å². The molecule has 2 saturated heterocycles. The first-order valence-corrected chi connectivity index (χ1v) is 9.99. The van der Waals surface area contributed by atoms with Crippen LogP contribution in [0.1, 0.15) is 43.5 Å². The molecule has 0 spiro atoms. The summed E-state index contributed by atoms with van der Waals surface area (Å²) in [4.78, 5) is 19.5. The van der Waals surface area contributed by atoms with Gasteiger partial charge in [0.05, 0.1) is 15.2 Å². The Bertz CT molecular complexity index is 677. The lowest BCUT2D eigenvalue weighted by atomic mass is 10.1. The van der Waals surface area contributed by atoms with Crippen molar-refractivity contribution in [1.29, 1.82) is 0 Å². The summed E-state index contributed by atoms with van der Waals surface area (Å²) in [6, 6.07) is 9.23. The number of nitrogens with zero attached hydrogens (tertiary/aromatic N) is 2. The predicted octanol–water partition coefficient (Wildman–Crippen LogP) is 4.21. The van der Waals surface area contributed by atoms with Crippen molar-refractivity contribution < 1.29 is 4.79 Å². The van der Waals surface area contributed by atoms with E-state index in [-0.39, 0.29) is 24.8 Å². The highest BCUT2D eigenvalue weighted by atomic mass is 35.5. The third-order valence-electron chi connectivity index (χ3n) is 5.31. The van der Waals surface area contributed by atoms with Crippen molar-refractivity contribution in [2.24, 2.45) is 0 Å². The molecule has 2 aliphatic heterocycles. The summed E-state index contributed by atoms with van der Waals surface area (Å²) >= 11 is 1.78. The van der Waals surface area contributed by atoms with E-state index in [1.54, 1.807) is 11.3 Å². The number of hydrogen-bond donors (Lipinski definition) is 1. The van der Waals surface area contributed by atoms with Crippen LogP contribution in [-0.4, -0.2) is 41.0 Å². The minimum absolute atomic E-state index is 0. The van der Waals surface area contributed by atoms with Crippen LogP contribution in [0.3, 0.4) is 0 Å². The van der Waals surface area contributed by atoms with Crippen LogP contribution in [0.25, 0.3) is 10.2 Å². The standard InChI is InChI=1S/C19H25N3OS.2ClH/c23-19(22-14-9-10-15(22)13-20-12-11-14)8-4-3-7-18-21-16-5-1-2-6-17(16)24-18;;/h1-2,5-6,14-15,20H,3-4,7-13H2;2*1H. The quantitative estimate of drug-likeness (QED) is 0.743. The molecule has 2 aromatic rings. The second-order valence-electron chi connectivity index (χ2n) is 6.96. The number of amides is 1. The fraction of sp³-hybridized carbons (Fsp3) is 0.579. The van der Waals surface area contributed by atoms with Crippen molar-refractivity contribution in [3.05, 3.63) is 29.3 Å². The number of nitrogens with one attached hydrogen (secondary N) is 1. The van der Waals surface area contributed by atoms with Gasteiger partial charge in [-0.1, -0.05) is 12.1 Å². The van der Waals surface area contributed by atoms with Crippen LogP contribution in [0.15, 0.2) is 24.3 Å². The highest BCUT2D eigenvalue weighted by Gasteiger charge is 2.37.